The normalized spacial score (nSPS) is 14.8. The predicted molar refractivity (Wildman–Crippen MR) is 136 cm³/mol. The monoisotopic (exact) mass is 499 g/mol. The molecular weight excluding hydrogens is 477 g/mol. The molecule has 1 saturated heterocycles. The molecule has 2 heterocycles. The third kappa shape index (κ3) is 4.54. The molecule has 0 bridgehead atoms. The highest BCUT2D eigenvalue weighted by Crippen LogP contribution is 2.29. The standard InChI is InChI=1S/C28H22FN3O5/c1-36-24-12-6-7-13-25(24)37-15-14-31-17-18(19-8-2-4-10-22(19)31)16-20-26(33)30-28(35)32(27(20)34)23-11-5-3-9-21(23)29/h2-13,16-17H,14-15H2,1H3,(H,30,33,35)/b20-16+. The molecule has 0 saturated carbocycles. The molecule has 0 atom stereocenters. The number of ether oxygens (including phenoxy) is 2. The van der Waals surface area contributed by atoms with Crippen molar-refractivity contribution >= 4 is 40.5 Å². The number of urea groups is 1. The topological polar surface area (TPSA) is 89.9 Å². The number of benzene rings is 3. The molecule has 1 aliphatic rings. The van der Waals surface area contributed by atoms with Crippen molar-refractivity contribution in [1.29, 1.82) is 0 Å². The summed E-state index contributed by atoms with van der Waals surface area (Å²) in [6.45, 7) is 0.811. The summed E-state index contributed by atoms with van der Waals surface area (Å²) in [7, 11) is 1.57. The van der Waals surface area contributed by atoms with Crippen LogP contribution in [0.15, 0.2) is 84.6 Å². The number of aromatic nitrogens is 1. The number of nitrogens with zero attached hydrogens (tertiary/aromatic N) is 2. The largest absolute Gasteiger partial charge is 0.493 e. The lowest BCUT2D eigenvalue weighted by atomic mass is 10.1. The predicted octanol–water partition coefficient (Wildman–Crippen LogP) is 4.53. The van der Waals surface area contributed by atoms with Gasteiger partial charge in [-0.1, -0.05) is 42.5 Å². The minimum Gasteiger partial charge on any atom is -0.493 e. The van der Waals surface area contributed by atoms with Crippen LogP contribution in [-0.4, -0.2) is 36.1 Å². The number of nitrogens with one attached hydrogen (secondary N) is 1. The maximum Gasteiger partial charge on any atom is 0.336 e. The molecule has 1 aliphatic heterocycles. The molecule has 0 spiro atoms. The van der Waals surface area contributed by atoms with E-state index in [-0.39, 0.29) is 11.3 Å². The van der Waals surface area contributed by atoms with E-state index in [9.17, 15) is 18.8 Å². The second kappa shape index (κ2) is 9.98. The lowest BCUT2D eigenvalue weighted by molar-refractivity contribution is -0.122. The molecule has 37 heavy (non-hydrogen) atoms. The van der Waals surface area contributed by atoms with Crippen molar-refractivity contribution in [2.24, 2.45) is 0 Å². The van der Waals surface area contributed by atoms with E-state index in [4.69, 9.17) is 9.47 Å². The summed E-state index contributed by atoms with van der Waals surface area (Å²) in [5.74, 6) is -1.27. The highest BCUT2D eigenvalue weighted by Gasteiger charge is 2.38. The van der Waals surface area contributed by atoms with E-state index in [1.807, 2.05) is 53.1 Å². The summed E-state index contributed by atoms with van der Waals surface area (Å²) >= 11 is 0. The highest BCUT2D eigenvalue weighted by molar-refractivity contribution is 6.39. The van der Waals surface area contributed by atoms with E-state index in [1.54, 1.807) is 13.3 Å². The molecule has 0 radical (unpaired) electrons. The van der Waals surface area contributed by atoms with Gasteiger partial charge < -0.3 is 14.0 Å². The second-order valence-electron chi connectivity index (χ2n) is 8.20. The summed E-state index contributed by atoms with van der Waals surface area (Å²) in [5.41, 5.74) is 0.938. The maximum atomic E-state index is 14.4. The van der Waals surface area contributed by atoms with Crippen molar-refractivity contribution in [2.75, 3.05) is 18.6 Å². The van der Waals surface area contributed by atoms with Gasteiger partial charge in [0.1, 0.15) is 18.0 Å². The van der Waals surface area contributed by atoms with Crippen LogP contribution < -0.4 is 19.7 Å². The number of fused-ring (bicyclic) bond motifs is 1. The quantitative estimate of drug-likeness (QED) is 0.298. The average Bonchev–Trinajstić information content (AvgIpc) is 3.25. The number of hydrogen-bond acceptors (Lipinski definition) is 5. The molecule has 0 aliphatic carbocycles. The first-order valence-corrected chi connectivity index (χ1v) is 11.5. The number of amides is 4. The molecule has 5 rings (SSSR count). The highest BCUT2D eigenvalue weighted by atomic mass is 19.1. The van der Waals surface area contributed by atoms with Crippen LogP contribution in [0.25, 0.3) is 17.0 Å². The molecule has 4 aromatic rings. The number of halogens is 1. The van der Waals surface area contributed by atoms with Crippen LogP contribution in [0.5, 0.6) is 11.5 Å². The van der Waals surface area contributed by atoms with Gasteiger partial charge in [-0.05, 0) is 36.4 Å². The third-order valence-corrected chi connectivity index (χ3v) is 5.97. The van der Waals surface area contributed by atoms with Gasteiger partial charge in [-0.2, -0.15) is 0 Å². The number of carbonyl (C=O) groups is 3. The Morgan fingerprint density at radius 1 is 0.919 bits per heavy atom. The minimum atomic E-state index is -1.01. The number of rotatable bonds is 7. The van der Waals surface area contributed by atoms with Gasteiger partial charge in [-0.25, -0.2) is 14.1 Å². The van der Waals surface area contributed by atoms with E-state index in [1.165, 1.54) is 24.3 Å². The summed E-state index contributed by atoms with van der Waals surface area (Å²) in [6.07, 6.45) is 3.21. The van der Waals surface area contributed by atoms with Crippen LogP contribution in [0.2, 0.25) is 0 Å². The molecule has 1 N–H and O–H groups in total. The first-order chi connectivity index (χ1) is 18.0. The Hall–Kier alpha value is -4.92. The van der Waals surface area contributed by atoms with Gasteiger partial charge in [0, 0.05) is 22.7 Å². The van der Waals surface area contributed by atoms with Gasteiger partial charge >= 0.3 is 6.03 Å². The number of methoxy groups -OCH3 is 1. The van der Waals surface area contributed by atoms with E-state index < -0.39 is 23.7 Å². The van der Waals surface area contributed by atoms with Crippen molar-refractivity contribution in [3.63, 3.8) is 0 Å². The minimum absolute atomic E-state index is 0.237. The van der Waals surface area contributed by atoms with Gasteiger partial charge in [-0.3, -0.25) is 14.9 Å². The van der Waals surface area contributed by atoms with E-state index in [0.29, 0.717) is 35.1 Å². The number of barbiturate groups is 1. The Kier molecular flexibility index (Phi) is 6.42. The molecule has 0 unspecified atom stereocenters. The van der Waals surface area contributed by atoms with Crippen LogP contribution in [-0.2, 0) is 16.1 Å². The Morgan fingerprint density at radius 2 is 1.62 bits per heavy atom. The zero-order valence-electron chi connectivity index (χ0n) is 19.8. The molecule has 8 nitrogen and oxygen atoms in total. The fourth-order valence-electron chi connectivity index (χ4n) is 4.23. The molecule has 186 valence electrons. The van der Waals surface area contributed by atoms with Gasteiger partial charge in [0.25, 0.3) is 11.8 Å². The zero-order valence-corrected chi connectivity index (χ0v) is 19.8. The second-order valence-corrected chi connectivity index (χ2v) is 8.20. The Bertz CT molecular complexity index is 1560. The number of carbonyl (C=O) groups excluding carboxylic acids is 3. The average molecular weight is 499 g/mol. The molecule has 3 aromatic carbocycles. The zero-order chi connectivity index (χ0) is 25.9. The van der Waals surface area contributed by atoms with E-state index in [0.717, 1.165) is 17.0 Å². The van der Waals surface area contributed by atoms with Gasteiger partial charge in [0.05, 0.1) is 19.3 Å². The summed E-state index contributed by atoms with van der Waals surface area (Å²) in [6, 6.07) is 19.2. The van der Waals surface area contributed by atoms with Crippen LogP contribution in [0, 0.1) is 5.82 Å². The lowest BCUT2D eigenvalue weighted by Crippen LogP contribution is -2.54. The lowest BCUT2D eigenvalue weighted by Gasteiger charge is -2.26. The first-order valence-electron chi connectivity index (χ1n) is 11.5. The van der Waals surface area contributed by atoms with Crippen molar-refractivity contribution in [3.8, 4) is 11.5 Å². The Balaban J connectivity index is 1.46. The summed E-state index contributed by atoms with van der Waals surface area (Å²) < 4.78 is 27.5. The van der Waals surface area contributed by atoms with Crippen molar-refractivity contribution in [2.45, 2.75) is 6.54 Å². The molecule has 4 amide bonds. The Morgan fingerprint density at radius 3 is 2.41 bits per heavy atom. The van der Waals surface area contributed by atoms with Crippen LogP contribution in [0.1, 0.15) is 5.56 Å². The summed E-state index contributed by atoms with van der Waals surface area (Å²) in [5, 5.41) is 2.92. The maximum absolute atomic E-state index is 14.4. The smallest absolute Gasteiger partial charge is 0.336 e. The summed E-state index contributed by atoms with van der Waals surface area (Å²) in [4.78, 5) is 38.9. The van der Waals surface area contributed by atoms with Crippen molar-refractivity contribution < 1.29 is 28.2 Å². The van der Waals surface area contributed by atoms with Gasteiger partial charge in [-0.15, -0.1) is 0 Å². The molecule has 1 fully saturated rings. The van der Waals surface area contributed by atoms with Gasteiger partial charge in [0.15, 0.2) is 11.5 Å². The molecule has 1 aromatic heterocycles. The van der Waals surface area contributed by atoms with Gasteiger partial charge in [0.2, 0.25) is 0 Å². The molecular formula is C28H22FN3O5. The van der Waals surface area contributed by atoms with Crippen molar-refractivity contribution in [3.05, 3.63) is 95.9 Å². The number of para-hydroxylation sites is 4. The number of imide groups is 2. The van der Waals surface area contributed by atoms with Crippen LogP contribution >= 0.6 is 0 Å². The fourth-order valence-corrected chi connectivity index (χ4v) is 4.23. The first kappa shape index (κ1) is 23.8. The molecule has 9 heteroatoms. The van der Waals surface area contributed by atoms with E-state index >= 15 is 0 Å². The SMILES string of the molecule is COc1ccccc1OCCn1cc(/C=C2\C(=O)NC(=O)N(c3ccccc3F)C2=O)c2ccccc21. The third-order valence-electron chi connectivity index (χ3n) is 5.97. The van der Waals surface area contributed by atoms with Crippen LogP contribution in [0.4, 0.5) is 14.9 Å². The Labute approximate surface area is 211 Å². The number of anilines is 1. The van der Waals surface area contributed by atoms with E-state index in [2.05, 4.69) is 5.32 Å². The van der Waals surface area contributed by atoms with Crippen LogP contribution in [0.3, 0.4) is 0 Å². The van der Waals surface area contributed by atoms with Crippen molar-refractivity contribution in [1.82, 2.24) is 9.88 Å². The number of hydrogen-bond donors (Lipinski definition) is 1. The fraction of sp³-hybridized carbons (Fsp3) is 0.107.